The minimum Gasteiger partial charge on any atom is -0.398 e. The number of anilines is 1. The Kier molecular flexibility index (Phi) is 5.40. The van der Waals surface area contributed by atoms with Crippen LogP contribution in [0.4, 0.5) is 5.69 Å². The normalized spacial score (nSPS) is 12.3. The molecule has 0 aliphatic heterocycles. The van der Waals surface area contributed by atoms with E-state index < -0.39 is 0 Å². The van der Waals surface area contributed by atoms with Crippen molar-refractivity contribution in [3.63, 3.8) is 0 Å². The molecule has 2 rings (SSSR count). The molecule has 1 unspecified atom stereocenters. The number of aromatic nitrogens is 1. The van der Waals surface area contributed by atoms with Crippen LogP contribution in [0.1, 0.15) is 11.1 Å². The topological polar surface area (TPSA) is 77.0 Å². The Hall–Kier alpha value is -1.56. The molecule has 0 saturated carbocycles. The molecule has 1 aromatic heterocycles. The Morgan fingerprint density at radius 1 is 1.35 bits per heavy atom. The van der Waals surface area contributed by atoms with Gasteiger partial charge in [-0.15, -0.1) is 11.8 Å². The van der Waals surface area contributed by atoms with Crippen molar-refractivity contribution in [2.75, 3.05) is 11.5 Å². The monoisotopic (exact) mass is 288 g/mol. The number of nitrogens with one attached hydrogen (secondary N) is 1. The van der Waals surface area contributed by atoms with Gasteiger partial charge in [-0.3, -0.25) is 16.3 Å². The number of nitrogens with zero attached hydrogens (tertiary/aromatic N) is 1. The molecule has 0 saturated heterocycles. The number of hydrogen-bond donors (Lipinski definition) is 3. The summed E-state index contributed by atoms with van der Waals surface area (Å²) in [5.74, 6) is 6.52. The molecule has 2 aromatic rings. The molecule has 20 heavy (non-hydrogen) atoms. The number of benzene rings is 1. The van der Waals surface area contributed by atoms with Crippen LogP contribution in [-0.2, 0) is 6.42 Å². The fraction of sp³-hybridized carbons (Fsp3) is 0.267. The average molecular weight is 288 g/mol. The Morgan fingerprint density at radius 3 is 2.90 bits per heavy atom. The second-order valence-corrected chi connectivity index (χ2v) is 5.86. The first-order valence-electron chi connectivity index (χ1n) is 6.53. The van der Waals surface area contributed by atoms with Gasteiger partial charge in [-0.2, -0.15) is 0 Å². The van der Waals surface area contributed by atoms with Gasteiger partial charge in [0, 0.05) is 34.8 Å². The Bertz CT molecular complexity index is 559. The molecule has 4 nitrogen and oxygen atoms in total. The maximum atomic E-state index is 5.94. The minimum atomic E-state index is 0.159. The van der Waals surface area contributed by atoms with Gasteiger partial charge in [0.2, 0.25) is 0 Å². The van der Waals surface area contributed by atoms with Gasteiger partial charge in [-0.25, -0.2) is 0 Å². The van der Waals surface area contributed by atoms with Crippen molar-refractivity contribution in [1.29, 1.82) is 0 Å². The molecule has 1 aromatic carbocycles. The molecule has 0 radical (unpaired) electrons. The Labute approximate surface area is 123 Å². The van der Waals surface area contributed by atoms with Crippen LogP contribution in [-0.4, -0.2) is 16.8 Å². The maximum absolute atomic E-state index is 5.94. The van der Waals surface area contributed by atoms with Crippen molar-refractivity contribution < 1.29 is 0 Å². The largest absolute Gasteiger partial charge is 0.398 e. The minimum absolute atomic E-state index is 0.159. The van der Waals surface area contributed by atoms with Gasteiger partial charge in [0.1, 0.15) is 0 Å². The van der Waals surface area contributed by atoms with E-state index in [1.54, 1.807) is 24.2 Å². The molecule has 5 N–H and O–H groups in total. The van der Waals surface area contributed by atoms with Crippen molar-refractivity contribution in [3.05, 3.63) is 53.9 Å². The SMILES string of the molecule is Cc1cccc(SCC(Cc2cnccc2N)NN)c1. The van der Waals surface area contributed by atoms with Gasteiger partial charge in [0.05, 0.1) is 0 Å². The molecule has 1 heterocycles. The lowest BCUT2D eigenvalue weighted by molar-refractivity contribution is 0.575. The van der Waals surface area contributed by atoms with Crippen molar-refractivity contribution in [3.8, 4) is 0 Å². The molecule has 0 amide bonds. The summed E-state index contributed by atoms with van der Waals surface area (Å²) in [6, 6.07) is 10.4. The summed E-state index contributed by atoms with van der Waals surface area (Å²) < 4.78 is 0. The number of aryl methyl sites for hydroxylation is 1. The molecule has 0 fully saturated rings. The second-order valence-electron chi connectivity index (χ2n) is 4.77. The van der Waals surface area contributed by atoms with Crippen LogP contribution < -0.4 is 17.0 Å². The number of pyridine rings is 1. The molecule has 0 spiro atoms. The first kappa shape index (κ1) is 14.8. The number of nitrogens with two attached hydrogens (primary N) is 2. The predicted molar refractivity (Wildman–Crippen MR) is 85.4 cm³/mol. The standard InChI is InChI=1S/C15H20N4S/c1-11-3-2-4-14(7-11)20-10-13(19-17)8-12-9-18-6-5-15(12)16/h2-7,9,13,19H,8,10,17H2,1H3,(H2,16,18). The maximum Gasteiger partial charge on any atom is 0.0378 e. The van der Waals surface area contributed by atoms with Gasteiger partial charge < -0.3 is 5.73 Å². The first-order valence-corrected chi connectivity index (χ1v) is 7.51. The number of nitrogen functional groups attached to an aromatic ring is 1. The van der Waals surface area contributed by atoms with E-state index >= 15 is 0 Å². The molecular weight excluding hydrogens is 268 g/mol. The number of hydrazine groups is 1. The highest BCUT2D eigenvalue weighted by atomic mass is 32.2. The van der Waals surface area contributed by atoms with Crippen LogP contribution in [0.15, 0.2) is 47.6 Å². The third-order valence-electron chi connectivity index (χ3n) is 3.08. The molecule has 106 valence electrons. The van der Waals surface area contributed by atoms with Crippen LogP contribution >= 0.6 is 11.8 Å². The molecule has 0 aliphatic rings. The summed E-state index contributed by atoms with van der Waals surface area (Å²) in [6.45, 7) is 2.10. The lowest BCUT2D eigenvalue weighted by atomic mass is 10.1. The zero-order valence-electron chi connectivity index (χ0n) is 11.5. The third kappa shape index (κ3) is 4.23. The fourth-order valence-corrected chi connectivity index (χ4v) is 2.99. The quantitative estimate of drug-likeness (QED) is 0.431. The highest BCUT2D eigenvalue weighted by molar-refractivity contribution is 7.99. The first-order chi connectivity index (χ1) is 9.69. The summed E-state index contributed by atoms with van der Waals surface area (Å²) in [6.07, 6.45) is 4.28. The lowest BCUT2D eigenvalue weighted by Crippen LogP contribution is -2.38. The zero-order valence-corrected chi connectivity index (χ0v) is 12.4. The van der Waals surface area contributed by atoms with Crippen LogP contribution in [0, 0.1) is 6.92 Å². The van der Waals surface area contributed by atoms with Crippen molar-refractivity contribution in [1.82, 2.24) is 10.4 Å². The Balaban J connectivity index is 1.94. The predicted octanol–water partition coefficient (Wildman–Crippen LogP) is 2.14. The smallest absolute Gasteiger partial charge is 0.0378 e. The molecular formula is C15H20N4S. The molecule has 5 heteroatoms. The number of thioether (sulfide) groups is 1. The second kappa shape index (κ2) is 7.28. The van der Waals surface area contributed by atoms with Crippen LogP contribution in [0.25, 0.3) is 0 Å². The third-order valence-corrected chi connectivity index (χ3v) is 4.24. The van der Waals surface area contributed by atoms with E-state index in [1.165, 1.54) is 10.5 Å². The van der Waals surface area contributed by atoms with E-state index in [2.05, 4.69) is 41.6 Å². The van der Waals surface area contributed by atoms with Gasteiger partial charge >= 0.3 is 0 Å². The Morgan fingerprint density at radius 2 is 2.20 bits per heavy atom. The van der Waals surface area contributed by atoms with E-state index in [-0.39, 0.29) is 6.04 Å². The van der Waals surface area contributed by atoms with Crippen molar-refractivity contribution >= 4 is 17.4 Å². The van der Waals surface area contributed by atoms with E-state index in [9.17, 15) is 0 Å². The van der Waals surface area contributed by atoms with Crippen LogP contribution in [0.3, 0.4) is 0 Å². The van der Waals surface area contributed by atoms with Crippen LogP contribution in [0.2, 0.25) is 0 Å². The summed E-state index contributed by atoms with van der Waals surface area (Å²) >= 11 is 1.79. The highest BCUT2D eigenvalue weighted by Gasteiger charge is 2.10. The average Bonchev–Trinajstić information content (AvgIpc) is 2.45. The van der Waals surface area contributed by atoms with Gasteiger partial charge in [-0.1, -0.05) is 17.7 Å². The van der Waals surface area contributed by atoms with Gasteiger partial charge in [0.15, 0.2) is 0 Å². The van der Waals surface area contributed by atoms with E-state index in [0.717, 1.165) is 23.4 Å². The lowest BCUT2D eigenvalue weighted by Gasteiger charge is -2.16. The molecule has 1 atom stereocenters. The van der Waals surface area contributed by atoms with E-state index in [4.69, 9.17) is 11.6 Å². The number of hydrogen-bond acceptors (Lipinski definition) is 5. The van der Waals surface area contributed by atoms with Crippen molar-refractivity contribution in [2.24, 2.45) is 5.84 Å². The fourth-order valence-electron chi connectivity index (χ4n) is 1.94. The van der Waals surface area contributed by atoms with Crippen molar-refractivity contribution in [2.45, 2.75) is 24.3 Å². The summed E-state index contributed by atoms with van der Waals surface area (Å²) in [5.41, 5.74) is 11.9. The van der Waals surface area contributed by atoms with Crippen LogP contribution in [0.5, 0.6) is 0 Å². The number of rotatable bonds is 6. The summed E-state index contributed by atoms with van der Waals surface area (Å²) in [4.78, 5) is 5.36. The van der Waals surface area contributed by atoms with Gasteiger partial charge in [-0.05, 0) is 37.1 Å². The van der Waals surface area contributed by atoms with E-state index in [0.29, 0.717) is 0 Å². The molecule has 0 aliphatic carbocycles. The highest BCUT2D eigenvalue weighted by Crippen LogP contribution is 2.21. The molecule has 0 bridgehead atoms. The van der Waals surface area contributed by atoms with E-state index in [1.807, 2.05) is 6.07 Å². The van der Waals surface area contributed by atoms with Gasteiger partial charge in [0.25, 0.3) is 0 Å². The summed E-state index contributed by atoms with van der Waals surface area (Å²) in [7, 11) is 0. The zero-order chi connectivity index (χ0) is 14.4. The summed E-state index contributed by atoms with van der Waals surface area (Å²) in [5, 5.41) is 0.